The van der Waals surface area contributed by atoms with Gasteiger partial charge in [0.25, 0.3) is 0 Å². The van der Waals surface area contributed by atoms with Gasteiger partial charge in [-0.25, -0.2) is 0 Å². The van der Waals surface area contributed by atoms with E-state index in [0.29, 0.717) is 38.8 Å². The largest absolute Gasteiger partial charge is 0.389 e. The predicted octanol–water partition coefficient (Wildman–Crippen LogP) is 0.787. The number of aliphatic hydroxyl groups excluding tert-OH is 1. The van der Waals surface area contributed by atoms with Crippen LogP contribution < -0.4 is 5.32 Å². The van der Waals surface area contributed by atoms with Crippen LogP contribution in [0.2, 0.25) is 0 Å². The Hall–Kier alpha value is -0.200. The fourth-order valence-electron chi connectivity index (χ4n) is 2.00. The van der Waals surface area contributed by atoms with Crippen LogP contribution in [0.4, 0.5) is 0 Å². The molecule has 2 unspecified atom stereocenters. The molecular formula is C14H31NO4. The van der Waals surface area contributed by atoms with Crippen molar-refractivity contribution in [1.29, 1.82) is 0 Å². The number of aliphatic hydroxyl groups is 2. The third kappa shape index (κ3) is 12.6. The molecule has 0 aromatic carbocycles. The van der Waals surface area contributed by atoms with E-state index in [1.807, 2.05) is 13.8 Å². The lowest BCUT2D eigenvalue weighted by Crippen LogP contribution is -2.42. The maximum absolute atomic E-state index is 10.1. The van der Waals surface area contributed by atoms with E-state index >= 15 is 0 Å². The van der Waals surface area contributed by atoms with Crippen LogP contribution in [0.5, 0.6) is 0 Å². The second-order valence-corrected chi connectivity index (χ2v) is 5.65. The molecule has 2 atom stereocenters. The van der Waals surface area contributed by atoms with Crippen LogP contribution in [0.1, 0.15) is 34.1 Å². The van der Waals surface area contributed by atoms with Crippen LogP contribution in [0.15, 0.2) is 0 Å². The lowest BCUT2D eigenvalue weighted by molar-refractivity contribution is 0.00118. The Kier molecular flexibility index (Phi) is 10.5. The molecule has 0 radical (unpaired) electrons. The summed E-state index contributed by atoms with van der Waals surface area (Å²) in [5.74, 6) is 0.448. The Morgan fingerprint density at radius 3 is 2.42 bits per heavy atom. The Balaban J connectivity index is 3.54. The third-order valence-electron chi connectivity index (χ3n) is 2.62. The highest BCUT2D eigenvalue weighted by Crippen LogP contribution is 2.14. The van der Waals surface area contributed by atoms with Gasteiger partial charge in [-0.05, 0) is 26.2 Å². The summed E-state index contributed by atoms with van der Waals surface area (Å²) in [6.45, 7) is 10.8. The molecule has 116 valence electrons. The molecule has 0 aliphatic rings. The maximum Gasteiger partial charge on any atom is 0.0897 e. The Bertz CT molecular complexity index is 210. The first-order valence-corrected chi connectivity index (χ1v) is 7.14. The zero-order chi connectivity index (χ0) is 14.7. The quantitative estimate of drug-likeness (QED) is 0.460. The summed E-state index contributed by atoms with van der Waals surface area (Å²) in [6, 6.07) is 0. The molecule has 0 aromatic rings. The van der Waals surface area contributed by atoms with Crippen molar-refractivity contribution in [3.63, 3.8) is 0 Å². The van der Waals surface area contributed by atoms with E-state index in [1.54, 1.807) is 0 Å². The first kappa shape index (κ1) is 18.8. The molecule has 0 bridgehead atoms. The van der Waals surface area contributed by atoms with Gasteiger partial charge in [-0.1, -0.05) is 13.8 Å². The van der Waals surface area contributed by atoms with Gasteiger partial charge >= 0.3 is 0 Å². The Morgan fingerprint density at radius 2 is 1.84 bits per heavy atom. The molecule has 0 aromatic heterocycles. The van der Waals surface area contributed by atoms with E-state index in [1.165, 1.54) is 0 Å². The minimum atomic E-state index is -0.732. The molecule has 0 heterocycles. The average Bonchev–Trinajstić information content (AvgIpc) is 2.26. The summed E-state index contributed by atoms with van der Waals surface area (Å²) in [4.78, 5) is 0. The topological polar surface area (TPSA) is 71.0 Å². The van der Waals surface area contributed by atoms with Crippen LogP contribution in [-0.2, 0) is 9.47 Å². The van der Waals surface area contributed by atoms with E-state index < -0.39 is 11.7 Å². The van der Waals surface area contributed by atoms with Gasteiger partial charge in [0.05, 0.1) is 31.5 Å². The molecule has 0 rings (SSSR count). The minimum absolute atomic E-state index is 0.284. The van der Waals surface area contributed by atoms with Crippen molar-refractivity contribution in [2.24, 2.45) is 5.92 Å². The number of rotatable bonds is 12. The fourth-order valence-corrected chi connectivity index (χ4v) is 2.00. The van der Waals surface area contributed by atoms with Crippen molar-refractivity contribution in [2.75, 3.05) is 39.5 Å². The smallest absolute Gasteiger partial charge is 0.0897 e. The lowest BCUT2D eigenvalue weighted by Gasteiger charge is -2.26. The zero-order valence-corrected chi connectivity index (χ0v) is 12.8. The molecule has 0 saturated carbocycles. The minimum Gasteiger partial charge on any atom is -0.389 e. The summed E-state index contributed by atoms with van der Waals surface area (Å²) in [7, 11) is 0. The maximum atomic E-state index is 10.1. The van der Waals surface area contributed by atoms with Gasteiger partial charge < -0.3 is 25.0 Å². The second-order valence-electron chi connectivity index (χ2n) is 5.65. The highest BCUT2D eigenvalue weighted by molar-refractivity contribution is 4.77. The predicted molar refractivity (Wildman–Crippen MR) is 76.3 cm³/mol. The summed E-state index contributed by atoms with van der Waals surface area (Å²) in [5.41, 5.74) is -0.732. The van der Waals surface area contributed by atoms with Crippen LogP contribution >= 0.6 is 0 Å². The van der Waals surface area contributed by atoms with Gasteiger partial charge in [0.15, 0.2) is 0 Å². The highest BCUT2D eigenvalue weighted by atomic mass is 16.5. The van der Waals surface area contributed by atoms with Crippen LogP contribution in [0, 0.1) is 5.92 Å². The molecule has 0 aliphatic heterocycles. The number of ether oxygens (including phenoxy) is 2. The second kappa shape index (κ2) is 10.6. The third-order valence-corrected chi connectivity index (χ3v) is 2.62. The summed E-state index contributed by atoms with van der Waals surface area (Å²) in [6.07, 6.45) is 0.178. The first-order valence-electron chi connectivity index (χ1n) is 7.14. The van der Waals surface area contributed by atoms with Crippen LogP contribution in [0.25, 0.3) is 0 Å². The average molecular weight is 277 g/mol. The monoisotopic (exact) mass is 277 g/mol. The van der Waals surface area contributed by atoms with Crippen molar-refractivity contribution in [3.8, 4) is 0 Å². The van der Waals surface area contributed by atoms with Gasteiger partial charge in [0, 0.05) is 19.7 Å². The molecule has 5 heteroatoms. The summed E-state index contributed by atoms with van der Waals surface area (Å²) < 4.78 is 10.4. The van der Waals surface area contributed by atoms with Crippen molar-refractivity contribution in [3.05, 3.63) is 0 Å². The molecular weight excluding hydrogens is 246 g/mol. The molecule has 0 fully saturated rings. The van der Waals surface area contributed by atoms with Gasteiger partial charge in [0.2, 0.25) is 0 Å². The van der Waals surface area contributed by atoms with Crippen molar-refractivity contribution >= 4 is 0 Å². The van der Waals surface area contributed by atoms with Gasteiger partial charge in [-0.3, -0.25) is 0 Å². The number of hydrogen-bond donors (Lipinski definition) is 3. The number of hydrogen-bond acceptors (Lipinski definition) is 5. The van der Waals surface area contributed by atoms with Gasteiger partial charge in [-0.2, -0.15) is 0 Å². The molecule has 0 saturated heterocycles. The molecule has 0 aliphatic carbocycles. The normalized spacial score (nSPS) is 16.6. The van der Waals surface area contributed by atoms with E-state index in [0.717, 1.165) is 6.42 Å². The van der Waals surface area contributed by atoms with E-state index in [-0.39, 0.29) is 6.61 Å². The van der Waals surface area contributed by atoms with Crippen molar-refractivity contribution in [2.45, 2.75) is 45.8 Å². The Labute approximate surface area is 117 Å². The molecule has 0 amide bonds. The number of nitrogens with one attached hydrogen (secondary N) is 1. The van der Waals surface area contributed by atoms with E-state index in [9.17, 15) is 10.2 Å². The fraction of sp³-hybridized carbons (Fsp3) is 1.00. The van der Waals surface area contributed by atoms with Crippen LogP contribution in [-0.4, -0.2) is 61.4 Å². The SMILES string of the molecule is CCOCCOCC(O)CNCC(C)(O)CC(C)C. The van der Waals surface area contributed by atoms with Gasteiger partial charge in [0.1, 0.15) is 0 Å². The Morgan fingerprint density at radius 1 is 1.21 bits per heavy atom. The van der Waals surface area contributed by atoms with E-state index in [2.05, 4.69) is 19.2 Å². The summed E-state index contributed by atoms with van der Waals surface area (Å²) >= 11 is 0. The van der Waals surface area contributed by atoms with Crippen molar-refractivity contribution < 1.29 is 19.7 Å². The molecule has 5 nitrogen and oxygen atoms in total. The van der Waals surface area contributed by atoms with Crippen molar-refractivity contribution in [1.82, 2.24) is 5.32 Å². The van der Waals surface area contributed by atoms with Gasteiger partial charge in [-0.15, -0.1) is 0 Å². The van der Waals surface area contributed by atoms with E-state index in [4.69, 9.17) is 9.47 Å². The summed E-state index contributed by atoms with van der Waals surface area (Å²) in [5, 5.41) is 22.8. The molecule has 19 heavy (non-hydrogen) atoms. The zero-order valence-electron chi connectivity index (χ0n) is 12.8. The highest BCUT2D eigenvalue weighted by Gasteiger charge is 2.21. The molecule has 0 spiro atoms. The lowest BCUT2D eigenvalue weighted by atomic mass is 9.94. The standard InChI is InChI=1S/C14H31NO4/c1-5-18-6-7-19-10-13(16)9-15-11-14(4,17)8-12(2)3/h12-13,15-17H,5-11H2,1-4H3. The molecule has 3 N–H and O–H groups in total. The first-order chi connectivity index (χ1) is 8.87. The van der Waals surface area contributed by atoms with Crippen LogP contribution in [0.3, 0.4) is 0 Å².